The van der Waals surface area contributed by atoms with Crippen molar-refractivity contribution < 1.29 is 4.52 Å². The summed E-state index contributed by atoms with van der Waals surface area (Å²) in [5.74, 6) is 0.826. The summed E-state index contributed by atoms with van der Waals surface area (Å²) in [6, 6.07) is 18.9. The highest BCUT2D eigenvalue weighted by atomic mass is 79.9. The molecule has 2 heterocycles. The molecule has 0 aliphatic carbocycles. The van der Waals surface area contributed by atoms with Gasteiger partial charge in [0.1, 0.15) is 6.54 Å². The van der Waals surface area contributed by atoms with E-state index in [0.29, 0.717) is 17.4 Å². The first-order chi connectivity index (χ1) is 13.6. The van der Waals surface area contributed by atoms with Crippen LogP contribution < -0.4 is 5.56 Å². The van der Waals surface area contributed by atoms with Crippen molar-refractivity contribution in [3.63, 3.8) is 0 Å². The zero-order chi connectivity index (χ0) is 19.5. The van der Waals surface area contributed by atoms with Gasteiger partial charge in [0, 0.05) is 21.7 Å². The number of nitrogens with zero attached hydrogens (tertiary/aromatic N) is 4. The molecule has 6 nitrogen and oxygen atoms in total. The summed E-state index contributed by atoms with van der Waals surface area (Å²) in [5, 5.41) is 8.46. The average molecular weight is 437 g/mol. The molecule has 0 aliphatic rings. The molecule has 0 N–H and O–H groups in total. The molecule has 2 aromatic carbocycles. The van der Waals surface area contributed by atoms with Gasteiger partial charge in [0.15, 0.2) is 0 Å². The van der Waals surface area contributed by atoms with Crippen LogP contribution in [0.25, 0.3) is 22.6 Å². The van der Waals surface area contributed by atoms with Gasteiger partial charge in [-0.25, -0.2) is 4.68 Å². The van der Waals surface area contributed by atoms with E-state index in [1.807, 2.05) is 48.5 Å². The first kappa shape index (κ1) is 18.3. The van der Waals surface area contributed by atoms with Gasteiger partial charge in [-0.3, -0.25) is 4.79 Å². The van der Waals surface area contributed by atoms with Crippen molar-refractivity contribution in [1.29, 1.82) is 0 Å². The predicted octanol–water partition coefficient (Wildman–Crippen LogP) is 4.33. The molecule has 0 radical (unpaired) electrons. The molecule has 0 atom stereocenters. The molecule has 0 saturated heterocycles. The Morgan fingerprint density at radius 2 is 1.68 bits per heavy atom. The van der Waals surface area contributed by atoms with E-state index < -0.39 is 0 Å². The Labute approximate surface area is 170 Å². The van der Waals surface area contributed by atoms with Crippen molar-refractivity contribution in [2.75, 3.05) is 0 Å². The second-order valence-corrected chi connectivity index (χ2v) is 7.20. The Morgan fingerprint density at radius 1 is 0.964 bits per heavy atom. The Morgan fingerprint density at radius 3 is 2.39 bits per heavy atom. The van der Waals surface area contributed by atoms with E-state index in [0.717, 1.165) is 22.0 Å². The van der Waals surface area contributed by atoms with Crippen molar-refractivity contribution >= 4 is 15.9 Å². The van der Waals surface area contributed by atoms with Gasteiger partial charge in [-0.15, -0.1) is 0 Å². The van der Waals surface area contributed by atoms with Gasteiger partial charge in [-0.05, 0) is 30.2 Å². The van der Waals surface area contributed by atoms with Gasteiger partial charge in [0.2, 0.25) is 11.7 Å². The summed E-state index contributed by atoms with van der Waals surface area (Å²) in [5.41, 5.74) is 3.50. The highest BCUT2D eigenvalue weighted by molar-refractivity contribution is 9.10. The lowest BCUT2D eigenvalue weighted by Gasteiger charge is -2.05. The first-order valence-corrected chi connectivity index (χ1v) is 9.67. The van der Waals surface area contributed by atoms with Crippen LogP contribution in [0.1, 0.15) is 18.4 Å². The van der Waals surface area contributed by atoms with Gasteiger partial charge in [0.05, 0.1) is 5.69 Å². The zero-order valence-corrected chi connectivity index (χ0v) is 16.8. The second-order valence-electron chi connectivity index (χ2n) is 6.28. The molecular weight excluding hydrogens is 420 g/mol. The van der Waals surface area contributed by atoms with E-state index >= 15 is 0 Å². The van der Waals surface area contributed by atoms with Crippen LogP contribution in [0.15, 0.2) is 74.5 Å². The number of hydrogen-bond acceptors (Lipinski definition) is 5. The molecule has 0 unspecified atom stereocenters. The van der Waals surface area contributed by atoms with Crippen molar-refractivity contribution in [3.05, 3.63) is 86.9 Å². The lowest BCUT2D eigenvalue weighted by Crippen LogP contribution is -2.23. The molecule has 0 spiro atoms. The molecule has 0 amide bonds. The largest absolute Gasteiger partial charge is 0.337 e. The average Bonchev–Trinajstić information content (AvgIpc) is 3.19. The minimum Gasteiger partial charge on any atom is -0.337 e. The Hall–Kier alpha value is -3.06. The molecule has 0 saturated carbocycles. The second kappa shape index (κ2) is 7.90. The lowest BCUT2D eigenvalue weighted by molar-refractivity contribution is 0.363. The Bertz CT molecular complexity index is 1150. The molecule has 28 heavy (non-hydrogen) atoms. The number of hydrogen-bond donors (Lipinski definition) is 0. The Kier molecular flexibility index (Phi) is 5.16. The van der Waals surface area contributed by atoms with Crippen LogP contribution in [0.5, 0.6) is 0 Å². The third-order valence-corrected chi connectivity index (χ3v) is 4.91. The maximum absolute atomic E-state index is 12.2. The van der Waals surface area contributed by atoms with Gasteiger partial charge in [-0.1, -0.05) is 64.4 Å². The van der Waals surface area contributed by atoms with Gasteiger partial charge < -0.3 is 4.52 Å². The highest BCUT2D eigenvalue weighted by Gasteiger charge is 2.11. The minimum atomic E-state index is -0.229. The molecule has 2 aromatic heterocycles. The zero-order valence-electron chi connectivity index (χ0n) is 15.2. The Balaban J connectivity index is 1.59. The van der Waals surface area contributed by atoms with Crippen LogP contribution in [-0.2, 0) is 13.0 Å². The van der Waals surface area contributed by atoms with E-state index in [1.54, 1.807) is 6.07 Å². The fraction of sp³-hybridized carbons (Fsp3) is 0.143. The number of aryl methyl sites for hydroxylation is 1. The molecule has 0 bridgehead atoms. The lowest BCUT2D eigenvalue weighted by atomic mass is 10.1. The molecule has 4 aromatic rings. The summed E-state index contributed by atoms with van der Waals surface area (Å²) < 4.78 is 7.64. The first-order valence-electron chi connectivity index (χ1n) is 8.88. The van der Waals surface area contributed by atoms with Crippen molar-refractivity contribution in [3.8, 4) is 22.6 Å². The molecule has 0 aliphatic heterocycles. The maximum Gasteiger partial charge on any atom is 0.267 e. The smallest absolute Gasteiger partial charge is 0.267 e. The van der Waals surface area contributed by atoms with Crippen LogP contribution in [0.2, 0.25) is 0 Å². The summed E-state index contributed by atoms with van der Waals surface area (Å²) >= 11 is 3.41. The molecule has 0 fully saturated rings. The fourth-order valence-corrected chi connectivity index (χ4v) is 3.06. The van der Waals surface area contributed by atoms with Crippen molar-refractivity contribution in [1.82, 2.24) is 19.9 Å². The van der Waals surface area contributed by atoms with E-state index in [-0.39, 0.29) is 12.1 Å². The predicted molar refractivity (Wildman–Crippen MR) is 110 cm³/mol. The SMILES string of the molecule is CCc1ccc(-c2noc(Cn3nc(-c4ccc(Br)cc4)ccc3=O)n2)cc1. The van der Waals surface area contributed by atoms with Crippen molar-refractivity contribution in [2.45, 2.75) is 19.9 Å². The monoisotopic (exact) mass is 436 g/mol. The number of benzene rings is 2. The molecule has 7 heteroatoms. The molecular formula is C21H17BrN4O2. The topological polar surface area (TPSA) is 73.8 Å². The van der Waals surface area contributed by atoms with Crippen LogP contribution >= 0.6 is 15.9 Å². The van der Waals surface area contributed by atoms with Crippen LogP contribution in [0, 0.1) is 0 Å². The molecule has 4 rings (SSSR count). The van der Waals surface area contributed by atoms with Crippen LogP contribution in [-0.4, -0.2) is 19.9 Å². The number of aromatic nitrogens is 4. The van der Waals surface area contributed by atoms with Crippen molar-refractivity contribution in [2.24, 2.45) is 0 Å². The van der Waals surface area contributed by atoms with Gasteiger partial charge >= 0.3 is 0 Å². The third-order valence-electron chi connectivity index (χ3n) is 4.38. The van der Waals surface area contributed by atoms with E-state index in [2.05, 4.69) is 38.1 Å². The standard InChI is InChI=1S/C21H17BrN4O2/c1-2-14-3-5-16(6-4-14)21-23-19(28-25-21)13-26-20(27)12-11-18(24-26)15-7-9-17(22)10-8-15/h3-12H,2,13H2,1H3. The van der Waals surface area contributed by atoms with E-state index in [4.69, 9.17) is 4.52 Å². The maximum atomic E-state index is 12.2. The summed E-state index contributed by atoms with van der Waals surface area (Å²) in [7, 11) is 0. The summed E-state index contributed by atoms with van der Waals surface area (Å²) in [4.78, 5) is 16.6. The van der Waals surface area contributed by atoms with E-state index in [9.17, 15) is 4.79 Å². The number of rotatable bonds is 5. The van der Waals surface area contributed by atoms with Crippen LogP contribution in [0.4, 0.5) is 0 Å². The third kappa shape index (κ3) is 3.94. The molecule has 140 valence electrons. The van der Waals surface area contributed by atoms with Gasteiger partial charge in [0.25, 0.3) is 5.56 Å². The van der Waals surface area contributed by atoms with E-state index in [1.165, 1.54) is 16.3 Å². The summed E-state index contributed by atoms with van der Waals surface area (Å²) in [6.07, 6.45) is 0.973. The van der Waals surface area contributed by atoms with Crippen LogP contribution in [0.3, 0.4) is 0 Å². The highest BCUT2D eigenvalue weighted by Crippen LogP contribution is 2.19. The number of halogens is 1. The quantitative estimate of drug-likeness (QED) is 0.465. The normalized spacial score (nSPS) is 10.9. The van der Waals surface area contributed by atoms with Gasteiger partial charge in [-0.2, -0.15) is 10.1 Å². The fourth-order valence-electron chi connectivity index (χ4n) is 2.79. The summed E-state index contributed by atoms with van der Waals surface area (Å²) in [6.45, 7) is 2.22. The minimum absolute atomic E-state index is 0.114.